The highest BCUT2D eigenvalue weighted by Crippen LogP contribution is 2.40. The van der Waals surface area contributed by atoms with Crippen LogP contribution in [-0.2, 0) is 5.92 Å². The number of nitrogens with zero attached hydrogens (tertiary/aromatic N) is 2. The van der Waals surface area contributed by atoms with Crippen molar-refractivity contribution >= 4 is 34.8 Å². The van der Waals surface area contributed by atoms with Crippen LogP contribution in [0.4, 0.5) is 14.5 Å². The van der Waals surface area contributed by atoms with Gasteiger partial charge in [-0.1, -0.05) is 81.8 Å². The SMILES string of the molecule is Cc1nc(-c2ccc(C(C)(F)F)cc2)sc1C(=O)CC1CCCC(CC2CCC(CC(=O)c3ccc4c(c3)N=CC4C)CC2)CC1. The molecule has 2 aromatic carbocycles. The van der Waals surface area contributed by atoms with Gasteiger partial charge in [0.05, 0.1) is 16.3 Å². The molecule has 6 rings (SSSR count). The van der Waals surface area contributed by atoms with Crippen molar-refractivity contribution in [2.75, 3.05) is 0 Å². The van der Waals surface area contributed by atoms with Gasteiger partial charge in [-0.2, -0.15) is 0 Å². The van der Waals surface area contributed by atoms with Gasteiger partial charge in [-0.25, -0.2) is 13.8 Å². The number of carbonyl (C=O) groups excluding carboxylic acids is 2. The summed E-state index contributed by atoms with van der Waals surface area (Å²) in [5.41, 5.74) is 4.45. The van der Waals surface area contributed by atoms with Crippen molar-refractivity contribution in [1.29, 1.82) is 0 Å². The number of fused-ring (bicyclic) bond motifs is 1. The van der Waals surface area contributed by atoms with E-state index in [0.29, 0.717) is 40.5 Å². The van der Waals surface area contributed by atoms with Gasteiger partial charge in [0.2, 0.25) is 0 Å². The molecule has 3 atom stereocenters. The molecule has 46 heavy (non-hydrogen) atoms. The van der Waals surface area contributed by atoms with E-state index in [-0.39, 0.29) is 17.1 Å². The Morgan fingerprint density at radius 1 is 0.848 bits per heavy atom. The lowest BCUT2D eigenvalue weighted by Crippen LogP contribution is -2.19. The van der Waals surface area contributed by atoms with Gasteiger partial charge in [-0.15, -0.1) is 11.3 Å². The van der Waals surface area contributed by atoms with Crippen LogP contribution in [0.1, 0.15) is 134 Å². The van der Waals surface area contributed by atoms with E-state index in [2.05, 4.69) is 23.0 Å². The molecule has 244 valence electrons. The Hall–Kier alpha value is -3.06. The minimum absolute atomic E-state index is 0.0243. The van der Waals surface area contributed by atoms with Gasteiger partial charge >= 0.3 is 0 Å². The second kappa shape index (κ2) is 14.0. The largest absolute Gasteiger partial charge is 0.294 e. The minimum atomic E-state index is -2.88. The van der Waals surface area contributed by atoms with E-state index in [1.807, 2.05) is 25.3 Å². The van der Waals surface area contributed by atoms with Crippen molar-refractivity contribution < 1.29 is 18.4 Å². The topological polar surface area (TPSA) is 59.4 Å². The Labute approximate surface area is 276 Å². The van der Waals surface area contributed by atoms with Crippen molar-refractivity contribution in [2.24, 2.45) is 28.7 Å². The lowest BCUT2D eigenvalue weighted by molar-refractivity contribution is 0.0175. The number of aliphatic imine (C=N–C) groups is 1. The lowest BCUT2D eigenvalue weighted by Gasteiger charge is -2.30. The van der Waals surface area contributed by atoms with Gasteiger partial charge < -0.3 is 0 Å². The molecule has 3 aromatic rings. The van der Waals surface area contributed by atoms with Crippen LogP contribution in [0.3, 0.4) is 0 Å². The number of thiazole rings is 1. The van der Waals surface area contributed by atoms with Crippen LogP contribution >= 0.6 is 11.3 Å². The Morgan fingerprint density at radius 2 is 1.46 bits per heavy atom. The van der Waals surface area contributed by atoms with Gasteiger partial charge in [0.25, 0.3) is 5.92 Å². The molecular weight excluding hydrogens is 599 g/mol. The van der Waals surface area contributed by atoms with E-state index < -0.39 is 5.92 Å². The normalized spacial score (nSPS) is 24.8. The molecule has 2 heterocycles. The Balaban J connectivity index is 0.945. The number of aromatic nitrogens is 1. The third kappa shape index (κ3) is 7.73. The molecule has 0 amide bonds. The van der Waals surface area contributed by atoms with Crippen molar-refractivity contribution in [3.8, 4) is 10.6 Å². The maximum Gasteiger partial charge on any atom is 0.270 e. The second-order valence-corrected chi connectivity index (χ2v) is 15.4. The maximum absolute atomic E-state index is 13.6. The van der Waals surface area contributed by atoms with Crippen molar-refractivity contribution in [1.82, 2.24) is 4.98 Å². The van der Waals surface area contributed by atoms with E-state index in [1.165, 1.54) is 67.6 Å². The van der Waals surface area contributed by atoms with Crippen LogP contribution in [0.25, 0.3) is 10.6 Å². The van der Waals surface area contributed by atoms with Gasteiger partial charge in [0.1, 0.15) is 5.01 Å². The van der Waals surface area contributed by atoms with Gasteiger partial charge in [-0.05, 0) is 67.9 Å². The van der Waals surface area contributed by atoms with Crippen LogP contribution in [0.5, 0.6) is 0 Å². The van der Waals surface area contributed by atoms with Gasteiger partial charge in [0, 0.05) is 48.6 Å². The average Bonchev–Trinajstić information content (AvgIpc) is 3.53. The molecule has 3 unspecified atom stereocenters. The predicted molar refractivity (Wildman–Crippen MR) is 183 cm³/mol. The fourth-order valence-electron chi connectivity index (χ4n) is 7.94. The molecule has 0 saturated heterocycles. The van der Waals surface area contributed by atoms with Crippen molar-refractivity contribution in [3.63, 3.8) is 0 Å². The lowest BCUT2D eigenvalue weighted by atomic mass is 9.75. The van der Waals surface area contributed by atoms with E-state index >= 15 is 0 Å². The summed E-state index contributed by atoms with van der Waals surface area (Å²) in [6.07, 6.45) is 15.0. The number of carbonyl (C=O) groups is 2. The number of hydrogen-bond acceptors (Lipinski definition) is 5. The van der Waals surface area contributed by atoms with Crippen molar-refractivity contribution in [2.45, 2.75) is 110 Å². The first kappa shape index (κ1) is 32.9. The number of rotatable bonds is 10. The van der Waals surface area contributed by atoms with Crippen LogP contribution in [-0.4, -0.2) is 22.8 Å². The molecule has 1 aromatic heterocycles. The number of halogens is 2. The summed E-state index contributed by atoms with van der Waals surface area (Å²) in [7, 11) is 0. The minimum Gasteiger partial charge on any atom is -0.294 e. The highest BCUT2D eigenvalue weighted by Gasteiger charge is 2.29. The molecule has 0 radical (unpaired) electrons. The fourth-order valence-corrected chi connectivity index (χ4v) is 8.96. The number of alkyl halides is 2. The first-order valence-electron chi connectivity index (χ1n) is 17.2. The monoisotopic (exact) mass is 644 g/mol. The Kier molecular flexibility index (Phi) is 9.98. The molecule has 3 aliphatic rings. The summed E-state index contributed by atoms with van der Waals surface area (Å²) in [5, 5.41) is 0.708. The molecule has 4 nitrogen and oxygen atoms in total. The molecule has 1 aliphatic heterocycles. The summed E-state index contributed by atoms with van der Waals surface area (Å²) in [4.78, 5) is 36.2. The predicted octanol–water partition coefficient (Wildman–Crippen LogP) is 11.3. The number of benzene rings is 2. The first-order valence-corrected chi connectivity index (χ1v) is 18.1. The molecule has 2 saturated carbocycles. The highest BCUT2D eigenvalue weighted by molar-refractivity contribution is 7.17. The molecular formula is C39H46F2N2O2S. The zero-order valence-electron chi connectivity index (χ0n) is 27.4. The van der Waals surface area contributed by atoms with Crippen LogP contribution in [0.2, 0.25) is 0 Å². The molecule has 0 N–H and O–H groups in total. The third-order valence-electron chi connectivity index (χ3n) is 10.8. The Bertz CT molecular complexity index is 1580. The van der Waals surface area contributed by atoms with Crippen molar-refractivity contribution in [3.05, 3.63) is 69.7 Å². The van der Waals surface area contributed by atoms with Gasteiger partial charge in [0.15, 0.2) is 11.6 Å². The highest BCUT2D eigenvalue weighted by atomic mass is 32.1. The number of hydrogen-bond donors (Lipinski definition) is 0. The third-order valence-corrected chi connectivity index (χ3v) is 12.0. The summed E-state index contributed by atoms with van der Waals surface area (Å²) in [6, 6.07) is 12.3. The van der Waals surface area contributed by atoms with E-state index in [9.17, 15) is 18.4 Å². The summed E-state index contributed by atoms with van der Waals surface area (Å²) in [5.74, 6) is 0.246. The van der Waals surface area contributed by atoms with Crippen LogP contribution < -0.4 is 0 Å². The summed E-state index contributed by atoms with van der Waals surface area (Å²) < 4.78 is 27.2. The zero-order valence-corrected chi connectivity index (χ0v) is 28.2. The maximum atomic E-state index is 13.6. The van der Waals surface area contributed by atoms with E-state index in [1.54, 1.807) is 12.1 Å². The molecule has 2 fully saturated rings. The quantitative estimate of drug-likeness (QED) is 0.163. The molecule has 2 aliphatic carbocycles. The van der Waals surface area contributed by atoms with Gasteiger partial charge in [-0.3, -0.25) is 14.6 Å². The van der Waals surface area contributed by atoms with Crippen LogP contribution in [0, 0.1) is 30.6 Å². The number of aryl methyl sites for hydroxylation is 1. The smallest absolute Gasteiger partial charge is 0.270 e. The first-order chi connectivity index (χ1) is 22.0. The Morgan fingerprint density at radius 3 is 2.15 bits per heavy atom. The fraction of sp³-hybridized carbons (Fsp3) is 0.538. The summed E-state index contributed by atoms with van der Waals surface area (Å²) in [6.45, 7) is 4.90. The zero-order chi connectivity index (χ0) is 32.4. The average molecular weight is 645 g/mol. The number of ketones is 2. The van der Waals surface area contributed by atoms with E-state index in [4.69, 9.17) is 0 Å². The van der Waals surface area contributed by atoms with Crippen LogP contribution in [0.15, 0.2) is 47.5 Å². The van der Waals surface area contributed by atoms with E-state index in [0.717, 1.165) is 67.0 Å². The summed E-state index contributed by atoms with van der Waals surface area (Å²) >= 11 is 1.38. The molecule has 0 bridgehead atoms. The second-order valence-electron chi connectivity index (χ2n) is 14.4. The molecule has 0 spiro atoms. The number of Topliss-reactive ketones (excluding diaryl/α,β-unsaturated/α-hetero) is 2. The molecule has 7 heteroatoms. The standard InChI is InChI=1S/C39H46F2N2O2S/c1-24-23-42-34-22-31(15-18-33(24)34)35(44)20-29-11-9-28(10-12-29)19-26-5-4-6-27(8-7-26)21-36(45)37-25(2)43-38(46-37)30-13-16-32(17-14-30)39(3,40)41/h13-18,22-24,26-29H,4-12,19-21H2,1-3H3.